The molecule has 1 N–H and O–H groups in total. The number of aromatic nitrogens is 1. The first-order chi connectivity index (χ1) is 9.40. The lowest BCUT2D eigenvalue weighted by Gasteiger charge is -2.08. The maximum atomic E-state index is 11.5. The highest BCUT2D eigenvalue weighted by Gasteiger charge is 2.10. The maximum Gasteiger partial charge on any atom is 0.238 e. The number of hydrogen-bond acceptors (Lipinski definition) is 5. The minimum absolute atomic E-state index is 0.148. The summed E-state index contributed by atoms with van der Waals surface area (Å²) in [6.07, 6.45) is 2.55. The first-order valence-corrected chi connectivity index (χ1v) is 7.90. The van der Waals surface area contributed by atoms with Gasteiger partial charge in [-0.2, -0.15) is 0 Å². The predicted molar refractivity (Wildman–Crippen MR) is 74.8 cm³/mol. The summed E-state index contributed by atoms with van der Waals surface area (Å²) >= 11 is 5.97. The van der Waals surface area contributed by atoms with E-state index >= 15 is 0 Å². The number of aliphatic hydroxyl groups excluding tert-OH is 1. The van der Waals surface area contributed by atoms with Crippen molar-refractivity contribution >= 4 is 21.4 Å². The van der Waals surface area contributed by atoms with Gasteiger partial charge in [0.2, 0.25) is 5.88 Å². The molecule has 0 bridgehead atoms. The third-order valence-electron chi connectivity index (χ3n) is 2.49. The van der Waals surface area contributed by atoms with Crippen molar-refractivity contribution in [2.75, 3.05) is 6.26 Å². The highest BCUT2D eigenvalue weighted by atomic mass is 35.5. The summed E-state index contributed by atoms with van der Waals surface area (Å²) in [6.45, 7) is -0.170. The van der Waals surface area contributed by atoms with Gasteiger partial charge in [0.15, 0.2) is 9.84 Å². The molecule has 1 aromatic heterocycles. The fourth-order valence-corrected chi connectivity index (χ4v) is 2.39. The molecule has 106 valence electrons. The van der Waals surface area contributed by atoms with Crippen molar-refractivity contribution in [3.63, 3.8) is 0 Å². The van der Waals surface area contributed by atoms with Crippen LogP contribution in [0.2, 0.25) is 5.02 Å². The third-order valence-corrected chi connectivity index (χ3v) is 3.88. The molecular weight excluding hydrogens is 302 g/mol. The Kier molecular flexibility index (Phi) is 4.27. The van der Waals surface area contributed by atoms with Crippen molar-refractivity contribution in [3.8, 4) is 11.6 Å². The monoisotopic (exact) mass is 313 g/mol. The first kappa shape index (κ1) is 14.8. The number of rotatable bonds is 4. The molecule has 2 rings (SSSR count). The highest BCUT2D eigenvalue weighted by molar-refractivity contribution is 7.90. The Morgan fingerprint density at radius 2 is 2.10 bits per heavy atom. The van der Waals surface area contributed by atoms with Crippen LogP contribution in [0.15, 0.2) is 41.4 Å². The fraction of sp³-hybridized carbons (Fsp3) is 0.154. The molecule has 0 saturated carbocycles. The Morgan fingerprint density at radius 1 is 1.35 bits per heavy atom. The molecule has 1 heterocycles. The van der Waals surface area contributed by atoms with Crippen LogP contribution >= 0.6 is 11.6 Å². The van der Waals surface area contributed by atoms with Gasteiger partial charge < -0.3 is 9.84 Å². The summed E-state index contributed by atoms with van der Waals surface area (Å²) in [5.41, 5.74) is 0.562. The fourth-order valence-electron chi connectivity index (χ4n) is 1.51. The van der Waals surface area contributed by atoms with Gasteiger partial charge in [-0.15, -0.1) is 0 Å². The molecule has 0 aliphatic heterocycles. The zero-order valence-electron chi connectivity index (χ0n) is 10.6. The van der Waals surface area contributed by atoms with Crippen LogP contribution in [0.1, 0.15) is 5.56 Å². The second kappa shape index (κ2) is 5.78. The third kappa shape index (κ3) is 3.47. The first-order valence-electron chi connectivity index (χ1n) is 5.63. The molecule has 0 spiro atoms. The summed E-state index contributed by atoms with van der Waals surface area (Å²) in [5, 5.41) is 9.20. The number of halogens is 1. The Balaban J connectivity index is 2.31. The van der Waals surface area contributed by atoms with E-state index in [-0.39, 0.29) is 22.4 Å². The molecule has 1 aromatic carbocycles. The van der Waals surface area contributed by atoms with Crippen LogP contribution in [0.25, 0.3) is 0 Å². The van der Waals surface area contributed by atoms with Gasteiger partial charge in [-0.05, 0) is 29.8 Å². The van der Waals surface area contributed by atoms with Crippen LogP contribution in [0.3, 0.4) is 0 Å². The highest BCUT2D eigenvalue weighted by Crippen LogP contribution is 2.28. The zero-order chi connectivity index (χ0) is 14.8. The van der Waals surface area contributed by atoms with E-state index in [0.717, 1.165) is 6.26 Å². The van der Waals surface area contributed by atoms with Gasteiger partial charge in [0.1, 0.15) is 10.8 Å². The van der Waals surface area contributed by atoms with Crippen molar-refractivity contribution in [3.05, 3.63) is 47.1 Å². The Hall–Kier alpha value is -1.63. The minimum atomic E-state index is -3.30. The molecule has 0 unspecified atom stereocenters. The van der Waals surface area contributed by atoms with Crippen LogP contribution in [-0.2, 0) is 16.4 Å². The topological polar surface area (TPSA) is 76.5 Å². The lowest BCUT2D eigenvalue weighted by atomic mass is 10.3. The van der Waals surface area contributed by atoms with Gasteiger partial charge in [0.05, 0.1) is 11.5 Å². The van der Waals surface area contributed by atoms with E-state index in [4.69, 9.17) is 21.4 Å². The molecule has 0 atom stereocenters. The average Bonchev–Trinajstić information content (AvgIpc) is 2.40. The Morgan fingerprint density at radius 3 is 2.70 bits per heavy atom. The second-order valence-corrected chi connectivity index (χ2v) is 6.56. The van der Waals surface area contributed by atoms with Gasteiger partial charge in [-0.1, -0.05) is 17.7 Å². The SMILES string of the molecule is CS(=O)(=O)c1cccc(Oc2ncc(CO)cc2Cl)c1. The van der Waals surface area contributed by atoms with Crippen molar-refractivity contribution < 1.29 is 18.3 Å². The van der Waals surface area contributed by atoms with Crippen LogP contribution in [0.5, 0.6) is 11.6 Å². The quantitative estimate of drug-likeness (QED) is 0.938. The predicted octanol–water partition coefficient (Wildman–Crippen LogP) is 2.42. The Labute approximate surface area is 121 Å². The maximum absolute atomic E-state index is 11.5. The largest absolute Gasteiger partial charge is 0.437 e. The average molecular weight is 314 g/mol. The molecule has 0 aliphatic carbocycles. The zero-order valence-corrected chi connectivity index (χ0v) is 12.1. The number of aliphatic hydroxyl groups is 1. The molecule has 0 amide bonds. The van der Waals surface area contributed by atoms with Crippen LogP contribution < -0.4 is 4.74 Å². The van der Waals surface area contributed by atoms with Gasteiger partial charge >= 0.3 is 0 Å². The molecule has 2 aromatic rings. The Bertz CT molecular complexity index is 731. The standard InChI is InChI=1S/C13H12ClNO4S/c1-20(17,18)11-4-2-3-10(6-11)19-13-12(14)5-9(8-16)7-15-13/h2-7,16H,8H2,1H3. The van der Waals surface area contributed by atoms with Gasteiger partial charge in [0.25, 0.3) is 0 Å². The lowest BCUT2D eigenvalue weighted by molar-refractivity contribution is 0.281. The number of hydrogen-bond donors (Lipinski definition) is 1. The number of ether oxygens (including phenoxy) is 1. The summed E-state index contributed by atoms with van der Waals surface area (Å²) < 4.78 is 28.4. The van der Waals surface area contributed by atoms with E-state index in [1.807, 2.05) is 0 Å². The van der Waals surface area contributed by atoms with E-state index < -0.39 is 9.84 Å². The van der Waals surface area contributed by atoms with Crippen LogP contribution in [0.4, 0.5) is 0 Å². The van der Waals surface area contributed by atoms with Crippen LogP contribution in [-0.4, -0.2) is 24.8 Å². The summed E-state index contributed by atoms with van der Waals surface area (Å²) in [4.78, 5) is 4.12. The number of pyridine rings is 1. The van der Waals surface area contributed by atoms with E-state index in [1.165, 1.54) is 24.4 Å². The lowest BCUT2D eigenvalue weighted by Crippen LogP contribution is -1.97. The molecule has 0 fully saturated rings. The molecule has 20 heavy (non-hydrogen) atoms. The molecule has 0 aliphatic rings. The van der Waals surface area contributed by atoms with Crippen molar-refractivity contribution in [2.24, 2.45) is 0 Å². The second-order valence-electron chi connectivity index (χ2n) is 4.14. The van der Waals surface area contributed by atoms with Gasteiger partial charge in [-0.25, -0.2) is 13.4 Å². The van der Waals surface area contributed by atoms with E-state index in [9.17, 15) is 8.42 Å². The molecule has 0 radical (unpaired) electrons. The van der Waals surface area contributed by atoms with E-state index in [0.29, 0.717) is 11.3 Å². The number of nitrogens with zero attached hydrogens (tertiary/aromatic N) is 1. The molecule has 7 heteroatoms. The van der Waals surface area contributed by atoms with E-state index in [1.54, 1.807) is 12.1 Å². The molecule has 5 nitrogen and oxygen atoms in total. The van der Waals surface area contributed by atoms with E-state index in [2.05, 4.69) is 4.98 Å². The number of benzene rings is 1. The smallest absolute Gasteiger partial charge is 0.238 e. The van der Waals surface area contributed by atoms with Crippen LogP contribution in [0, 0.1) is 0 Å². The molecule has 0 saturated heterocycles. The number of sulfone groups is 1. The normalized spacial score (nSPS) is 11.3. The summed E-state index contributed by atoms with van der Waals surface area (Å²) in [6, 6.07) is 7.58. The van der Waals surface area contributed by atoms with Gasteiger partial charge in [-0.3, -0.25) is 0 Å². The summed E-state index contributed by atoms with van der Waals surface area (Å²) in [5.74, 6) is 0.466. The van der Waals surface area contributed by atoms with Crippen molar-refractivity contribution in [1.29, 1.82) is 0 Å². The summed E-state index contributed by atoms with van der Waals surface area (Å²) in [7, 11) is -3.30. The van der Waals surface area contributed by atoms with Gasteiger partial charge in [0, 0.05) is 12.5 Å². The van der Waals surface area contributed by atoms with Crippen molar-refractivity contribution in [1.82, 2.24) is 4.98 Å². The minimum Gasteiger partial charge on any atom is -0.437 e. The molecular formula is C13H12ClNO4S. The van der Waals surface area contributed by atoms with Crippen molar-refractivity contribution in [2.45, 2.75) is 11.5 Å².